The predicted octanol–water partition coefficient (Wildman–Crippen LogP) is 4.69. The Morgan fingerprint density at radius 3 is 2.68 bits per heavy atom. The van der Waals surface area contributed by atoms with Gasteiger partial charge in [0.1, 0.15) is 5.82 Å². The minimum absolute atomic E-state index is 0.110. The van der Waals surface area contributed by atoms with Crippen LogP contribution in [0.15, 0.2) is 42.5 Å². The molecule has 0 aliphatic rings. The van der Waals surface area contributed by atoms with Gasteiger partial charge >= 0.3 is 5.97 Å². The van der Waals surface area contributed by atoms with E-state index in [0.29, 0.717) is 28.6 Å². The van der Waals surface area contributed by atoms with E-state index in [9.17, 15) is 14.0 Å². The van der Waals surface area contributed by atoms with Crippen molar-refractivity contribution in [1.82, 2.24) is 4.98 Å². The number of benzene rings is 2. The van der Waals surface area contributed by atoms with Gasteiger partial charge in [-0.15, -0.1) is 0 Å². The van der Waals surface area contributed by atoms with E-state index < -0.39 is 24.3 Å². The number of hydrogen-bond donors (Lipinski definition) is 1. The summed E-state index contributed by atoms with van der Waals surface area (Å²) in [6.07, 6.45) is 0.669. The lowest BCUT2D eigenvalue weighted by molar-refractivity contribution is -0.119. The average Bonchev–Trinajstić information content (AvgIpc) is 2.68. The highest BCUT2D eigenvalue weighted by atomic mass is 35.5. The fourth-order valence-electron chi connectivity index (χ4n) is 2.94. The van der Waals surface area contributed by atoms with Crippen molar-refractivity contribution in [2.24, 2.45) is 0 Å². The number of pyridine rings is 1. The van der Waals surface area contributed by atoms with E-state index in [4.69, 9.17) is 16.3 Å². The molecule has 2 aromatic carbocycles. The maximum Gasteiger partial charge on any atom is 0.339 e. The molecule has 1 amide bonds. The zero-order valence-electron chi connectivity index (χ0n) is 15.4. The van der Waals surface area contributed by atoms with Crippen LogP contribution in [-0.2, 0) is 16.0 Å². The molecule has 3 rings (SSSR count). The Hall–Kier alpha value is -2.99. The molecule has 0 radical (unpaired) electrons. The number of halogens is 2. The van der Waals surface area contributed by atoms with Gasteiger partial charge in [0.05, 0.1) is 16.1 Å². The molecule has 1 N–H and O–H groups in total. The molecule has 1 heterocycles. The summed E-state index contributed by atoms with van der Waals surface area (Å²) < 4.78 is 18.4. The predicted molar refractivity (Wildman–Crippen MR) is 106 cm³/mol. The summed E-state index contributed by atoms with van der Waals surface area (Å²) in [5.41, 5.74) is 2.95. The van der Waals surface area contributed by atoms with Gasteiger partial charge in [0.2, 0.25) is 0 Å². The molecule has 28 heavy (non-hydrogen) atoms. The van der Waals surface area contributed by atoms with Crippen LogP contribution in [0.3, 0.4) is 0 Å². The Labute approximate surface area is 166 Å². The SMILES string of the molecule is CCc1nc2ccccc2c(C(=O)OCC(=O)Nc2ccc(F)c(Cl)c2)c1C. The van der Waals surface area contributed by atoms with Crippen LogP contribution in [0, 0.1) is 12.7 Å². The molecule has 0 atom stereocenters. The molecule has 0 saturated carbocycles. The second-order valence-corrected chi connectivity index (χ2v) is 6.59. The van der Waals surface area contributed by atoms with Crippen molar-refractivity contribution in [1.29, 1.82) is 0 Å². The first kappa shape index (κ1) is 19.8. The van der Waals surface area contributed by atoms with E-state index in [1.807, 2.05) is 32.0 Å². The molecule has 144 valence electrons. The first-order valence-corrected chi connectivity index (χ1v) is 9.08. The number of para-hydroxylation sites is 1. The molecule has 0 aliphatic carbocycles. The van der Waals surface area contributed by atoms with Crippen molar-refractivity contribution in [2.45, 2.75) is 20.3 Å². The highest BCUT2D eigenvalue weighted by molar-refractivity contribution is 6.31. The second kappa shape index (κ2) is 8.35. The summed E-state index contributed by atoms with van der Waals surface area (Å²) >= 11 is 5.69. The summed E-state index contributed by atoms with van der Waals surface area (Å²) in [5.74, 6) is -1.74. The van der Waals surface area contributed by atoms with Crippen molar-refractivity contribution in [3.05, 3.63) is 70.1 Å². The quantitative estimate of drug-likeness (QED) is 0.630. The fraction of sp³-hybridized carbons (Fsp3) is 0.190. The number of aryl methyl sites for hydroxylation is 1. The van der Waals surface area contributed by atoms with Gasteiger partial charge in [-0.2, -0.15) is 0 Å². The van der Waals surface area contributed by atoms with Crippen LogP contribution in [0.25, 0.3) is 10.9 Å². The van der Waals surface area contributed by atoms with E-state index in [1.165, 1.54) is 12.1 Å². The Kier molecular flexibility index (Phi) is 5.90. The number of hydrogen-bond acceptors (Lipinski definition) is 4. The summed E-state index contributed by atoms with van der Waals surface area (Å²) in [7, 11) is 0. The standard InChI is InChI=1S/C21H18ClFN2O3/c1-3-17-12(2)20(14-6-4-5-7-18(14)25-17)21(27)28-11-19(26)24-13-8-9-16(23)15(22)10-13/h4-10H,3,11H2,1-2H3,(H,24,26). The Morgan fingerprint density at radius 2 is 1.96 bits per heavy atom. The minimum Gasteiger partial charge on any atom is -0.452 e. The second-order valence-electron chi connectivity index (χ2n) is 6.18. The molecule has 0 fully saturated rings. The van der Waals surface area contributed by atoms with Crippen LogP contribution in [-0.4, -0.2) is 23.5 Å². The van der Waals surface area contributed by atoms with Crippen LogP contribution >= 0.6 is 11.6 Å². The summed E-state index contributed by atoms with van der Waals surface area (Å²) in [6.45, 7) is 3.29. The molecule has 5 nitrogen and oxygen atoms in total. The number of amides is 1. The molecule has 3 aromatic rings. The minimum atomic E-state index is -0.599. The van der Waals surface area contributed by atoms with E-state index in [-0.39, 0.29) is 5.02 Å². The molecule has 1 aromatic heterocycles. The number of nitrogens with zero attached hydrogens (tertiary/aromatic N) is 1. The number of anilines is 1. The third-order valence-electron chi connectivity index (χ3n) is 4.31. The van der Waals surface area contributed by atoms with Gasteiger partial charge in [0.25, 0.3) is 5.91 Å². The van der Waals surface area contributed by atoms with Gasteiger partial charge in [-0.3, -0.25) is 9.78 Å². The van der Waals surface area contributed by atoms with E-state index in [1.54, 1.807) is 6.07 Å². The maximum atomic E-state index is 13.2. The van der Waals surface area contributed by atoms with E-state index >= 15 is 0 Å². The zero-order chi connectivity index (χ0) is 20.3. The third kappa shape index (κ3) is 4.12. The lowest BCUT2D eigenvalue weighted by Crippen LogP contribution is -2.21. The monoisotopic (exact) mass is 400 g/mol. The maximum absolute atomic E-state index is 13.2. The van der Waals surface area contributed by atoms with Crippen molar-refractivity contribution in [2.75, 3.05) is 11.9 Å². The number of carbonyl (C=O) groups is 2. The van der Waals surface area contributed by atoms with Crippen LogP contribution < -0.4 is 5.32 Å². The van der Waals surface area contributed by atoms with Crippen LogP contribution in [0.4, 0.5) is 10.1 Å². The summed E-state index contributed by atoms with van der Waals surface area (Å²) in [5, 5.41) is 3.08. The largest absolute Gasteiger partial charge is 0.452 e. The average molecular weight is 401 g/mol. The van der Waals surface area contributed by atoms with Crippen LogP contribution in [0.1, 0.15) is 28.5 Å². The Morgan fingerprint density at radius 1 is 1.21 bits per heavy atom. The fourth-order valence-corrected chi connectivity index (χ4v) is 3.12. The number of aromatic nitrogens is 1. The normalized spacial score (nSPS) is 10.7. The number of rotatable bonds is 5. The first-order chi connectivity index (χ1) is 13.4. The van der Waals surface area contributed by atoms with Crippen molar-refractivity contribution >= 4 is 40.1 Å². The molecule has 0 aliphatic heterocycles. The molecule has 0 saturated heterocycles. The highest BCUT2D eigenvalue weighted by Crippen LogP contribution is 2.24. The number of ether oxygens (including phenoxy) is 1. The van der Waals surface area contributed by atoms with Gasteiger partial charge in [0, 0.05) is 16.8 Å². The van der Waals surface area contributed by atoms with E-state index in [0.717, 1.165) is 17.3 Å². The Balaban J connectivity index is 1.77. The molecular weight excluding hydrogens is 383 g/mol. The lowest BCUT2D eigenvalue weighted by atomic mass is 10.0. The number of esters is 1. The van der Waals surface area contributed by atoms with Crippen molar-refractivity contribution in [3.63, 3.8) is 0 Å². The van der Waals surface area contributed by atoms with Crippen LogP contribution in [0.5, 0.6) is 0 Å². The van der Waals surface area contributed by atoms with Gasteiger partial charge in [0.15, 0.2) is 6.61 Å². The first-order valence-electron chi connectivity index (χ1n) is 8.71. The Bertz CT molecular complexity index is 1070. The number of fused-ring (bicyclic) bond motifs is 1. The van der Waals surface area contributed by atoms with Gasteiger partial charge in [-0.05, 0) is 43.2 Å². The zero-order valence-corrected chi connectivity index (χ0v) is 16.1. The van der Waals surface area contributed by atoms with Crippen molar-refractivity contribution in [3.8, 4) is 0 Å². The van der Waals surface area contributed by atoms with Gasteiger partial charge in [-0.1, -0.05) is 36.7 Å². The van der Waals surface area contributed by atoms with Gasteiger partial charge in [-0.25, -0.2) is 9.18 Å². The highest BCUT2D eigenvalue weighted by Gasteiger charge is 2.19. The van der Waals surface area contributed by atoms with Crippen molar-refractivity contribution < 1.29 is 18.7 Å². The third-order valence-corrected chi connectivity index (χ3v) is 4.60. The van der Waals surface area contributed by atoms with Crippen LogP contribution in [0.2, 0.25) is 5.02 Å². The summed E-state index contributed by atoms with van der Waals surface area (Å²) in [4.78, 5) is 29.4. The molecule has 0 bridgehead atoms. The number of nitrogens with one attached hydrogen (secondary N) is 1. The van der Waals surface area contributed by atoms with Gasteiger partial charge < -0.3 is 10.1 Å². The smallest absolute Gasteiger partial charge is 0.339 e. The molecule has 0 unspecified atom stereocenters. The lowest BCUT2D eigenvalue weighted by Gasteiger charge is -2.13. The van der Waals surface area contributed by atoms with E-state index in [2.05, 4.69) is 10.3 Å². The molecular formula is C21H18ClFN2O3. The molecule has 7 heteroatoms. The summed E-state index contributed by atoms with van der Waals surface area (Å²) in [6, 6.07) is 11.1. The number of carbonyl (C=O) groups excluding carboxylic acids is 2. The molecule has 0 spiro atoms. The topological polar surface area (TPSA) is 68.3 Å².